The third-order valence-corrected chi connectivity index (χ3v) is 3.88. The highest BCUT2D eigenvalue weighted by molar-refractivity contribution is 5.51. The first-order chi connectivity index (χ1) is 9.66. The van der Waals surface area contributed by atoms with Crippen molar-refractivity contribution in [2.45, 2.75) is 12.5 Å². The fourth-order valence-electron chi connectivity index (χ4n) is 2.98. The summed E-state index contributed by atoms with van der Waals surface area (Å²) in [6.07, 6.45) is 0. The molecule has 1 atom stereocenters. The number of benzene rings is 2. The molecule has 0 saturated carbocycles. The zero-order valence-electron chi connectivity index (χ0n) is 11.3. The van der Waals surface area contributed by atoms with Crippen molar-refractivity contribution in [2.24, 2.45) is 0 Å². The summed E-state index contributed by atoms with van der Waals surface area (Å²) in [6.45, 7) is 1.52. The number of nitro benzene ring substituents is 1. The average Bonchev–Trinajstić information content (AvgIpc) is 2.46. The molecule has 0 amide bonds. The molecule has 0 unspecified atom stereocenters. The van der Waals surface area contributed by atoms with Crippen molar-refractivity contribution >= 4 is 5.69 Å². The fourth-order valence-corrected chi connectivity index (χ4v) is 2.98. The van der Waals surface area contributed by atoms with Crippen LogP contribution in [0.5, 0.6) is 0 Å². The van der Waals surface area contributed by atoms with Gasteiger partial charge in [-0.2, -0.15) is 0 Å². The zero-order valence-corrected chi connectivity index (χ0v) is 11.3. The van der Waals surface area contributed by atoms with Crippen LogP contribution in [0.1, 0.15) is 22.6 Å². The Balaban J connectivity index is 2.14. The number of hydrogen-bond acceptors (Lipinski definition) is 3. The Labute approximate surface area is 117 Å². The SMILES string of the molecule is CN1Cc2c(cccc2[N+](=O)[O-])[C@@H](c2ccccc2)C1. The van der Waals surface area contributed by atoms with Gasteiger partial charge in [-0.15, -0.1) is 0 Å². The molecular weight excluding hydrogens is 252 g/mol. The minimum absolute atomic E-state index is 0.199. The number of fused-ring (bicyclic) bond motifs is 1. The number of likely N-dealkylation sites (N-methyl/N-ethyl adjacent to an activating group) is 1. The zero-order chi connectivity index (χ0) is 14.1. The molecule has 20 heavy (non-hydrogen) atoms. The molecule has 4 heteroatoms. The molecule has 3 rings (SSSR count). The number of nitrogens with zero attached hydrogens (tertiary/aromatic N) is 2. The maximum absolute atomic E-state index is 11.2. The van der Waals surface area contributed by atoms with Gasteiger partial charge < -0.3 is 4.90 Å². The molecule has 4 nitrogen and oxygen atoms in total. The van der Waals surface area contributed by atoms with Gasteiger partial charge in [0.05, 0.1) is 4.92 Å². The summed E-state index contributed by atoms with van der Waals surface area (Å²) in [5, 5.41) is 11.2. The highest BCUT2D eigenvalue weighted by Crippen LogP contribution is 2.36. The van der Waals surface area contributed by atoms with E-state index in [1.807, 2.05) is 31.3 Å². The maximum Gasteiger partial charge on any atom is 0.274 e. The van der Waals surface area contributed by atoms with Gasteiger partial charge in [-0.05, 0) is 18.2 Å². The predicted octanol–water partition coefficient (Wildman–Crippen LogP) is 3.17. The van der Waals surface area contributed by atoms with E-state index >= 15 is 0 Å². The van der Waals surface area contributed by atoms with Crippen LogP contribution < -0.4 is 0 Å². The molecule has 0 saturated heterocycles. The van der Waals surface area contributed by atoms with Gasteiger partial charge in [0.1, 0.15) is 0 Å². The molecule has 0 radical (unpaired) electrons. The molecule has 2 aromatic rings. The van der Waals surface area contributed by atoms with Crippen LogP contribution in [-0.4, -0.2) is 23.4 Å². The first-order valence-corrected chi connectivity index (χ1v) is 6.66. The van der Waals surface area contributed by atoms with Gasteiger partial charge in [-0.1, -0.05) is 42.5 Å². The second-order valence-corrected chi connectivity index (χ2v) is 5.26. The highest BCUT2D eigenvalue weighted by Gasteiger charge is 2.29. The number of hydrogen-bond donors (Lipinski definition) is 0. The molecule has 1 heterocycles. The van der Waals surface area contributed by atoms with Crippen LogP contribution in [0, 0.1) is 10.1 Å². The molecule has 0 N–H and O–H groups in total. The number of rotatable bonds is 2. The lowest BCUT2D eigenvalue weighted by molar-refractivity contribution is -0.385. The van der Waals surface area contributed by atoms with Crippen LogP contribution in [0.2, 0.25) is 0 Å². The molecule has 102 valence electrons. The van der Waals surface area contributed by atoms with Crippen LogP contribution in [0.15, 0.2) is 48.5 Å². The molecule has 1 aliphatic heterocycles. The van der Waals surface area contributed by atoms with E-state index in [1.54, 1.807) is 12.1 Å². The minimum atomic E-state index is -0.278. The van der Waals surface area contributed by atoms with Crippen molar-refractivity contribution < 1.29 is 4.92 Å². The Morgan fingerprint density at radius 3 is 2.60 bits per heavy atom. The van der Waals surface area contributed by atoms with Crippen molar-refractivity contribution in [1.29, 1.82) is 0 Å². The molecule has 0 aromatic heterocycles. The van der Waals surface area contributed by atoms with E-state index < -0.39 is 0 Å². The summed E-state index contributed by atoms with van der Waals surface area (Å²) in [4.78, 5) is 13.1. The van der Waals surface area contributed by atoms with Crippen molar-refractivity contribution in [1.82, 2.24) is 4.90 Å². The molecule has 0 bridgehead atoms. The van der Waals surface area contributed by atoms with Crippen LogP contribution >= 0.6 is 0 Å². The smallest absolute Gasteiger partial charge is 0.274 e. The van der Waals surface area contributed by atoms with Crippen LogP contribution in [-0.2, 0) is 6.54 Å². The monoisotopic (exact) mass is 268 g/mol. The van der Waals surface area contributed by atoms with E-state index in [-0.39, 0.29) is 16.5 Å². The summed E-state index contributed by atoms with van der Waals surface area (Å²) in [6, 6.07) is 15.6. The number of nitro groups is 1. The first-order valence-electron chi connectivity index (χ1n) is 6.66. The van der Waals surface area contributed by atoms with E-state index in [0.29, 0.717) is 6.54 Å². The van der Waals surface area contributed by atoms with E-state index in [9.17, 15) is 10.1 Å². The minimum Gasteiger partial charge on any atom is -0.301 e. The van der Waals surface area contributed by atoms with Crippen molar-refractivity contribution in [3.05, 3.63) is 75.3 Å². The van der Waals surface area contributed by atoms with Gasteiger partial charge in [-0.3, -0.25) is 10.1 Å². The molecular formula is C16H16N2O2. The predicted molar refractivity (Wildman–Crippen MR) is 77.7 cm³/mol. The van der Waals surface area contributed by atoms with E-state index in [4.69, 9.17) is 0 Å². The molecule has 2 aromatic carbocycles. The van der Waals surface area contributed by atoms with Crippen LogP contribution in [0.25, 0.3) is 0 Å². The largest absolute Gasteiger partial charge is 0.301 e. The van der Waals surface area contributed by atoms with Gasteiger partial charge in [-0.25, -0.2) is 0 Å². The standard InChI is InChI=1S/C16H16N2O2/c1-17-10-14(12-6-3-2-4-7-12)13-8-5-9-16(18(19)20)15(13)11-17/h2-9,14H,10-11H2,1H3/t14-/m1/s1. The first kappa shape index (κ1) is 12.8. The summed E-state index contributed by atoms with van der Waals surface area (Å²) < 4.78 is 0. The summed E-state index contributed by atoms with van der Waals surface area (Å²) in [7, 11) is 2.01. The Hall–Kier alpha value is -2.20. The van der Waals surface area contributed by atoms with E-state index in [2.05, 4.69) is 17.0 Å². The van der Waals surface area contributed by atoms with E-state index in [1.165, 1.54) is 5.56 Å². The summed E-state index contributed by atoms with van der Waals surface area (Å²) in [5.74, 6) is 0.199. The third-order valence-electron chi connectivity index (χ3n) is 3.88. The molecule has 0 spiro atoms. The lowest BCUT2D eigenvalue weighted by Crippen LogP contribution is -2.31. The topological polar surface area (TPSA) is 46.4 Å². The molecule has 0 aliphatic carbocycles. The van der Waals surface area contributed by atoms with Gasteiger partial charge in [0.25, 0.3) is 5.69 Å². The quantitative estimate of drug-likeness (QED) is 0.621. The van der Waals surface area contributed by atoms with Crippen molar-refractivity contribution in [3.63, 3.8) is 0 Å². The summed E-state index contributed by atoms with van der Waals surface area (Å²) >= 11 is 0. The van der Waals surface area contributed by atoms with E-state index in [0.717, 1.165) is 17.7 Å². The van der Waals surface area contributed by atoms with Crippen LogP contribution in [0.4, 0.5) is 5.69 Å². The second kappa shape index (κ2) is 5.06. The van der Waals surface area contributed by atoms with Gasteiger partial charge in [0.2, 0.25) is 0 Å². The highest BCUT2D eigenvalue weighted by atomic mass is 16.6. The average molecular weight is 268 g/mol. The molecule has 1 aliphatic rings. The molecule has 0 fully saturated rings. The Morgan fingerprint density at radius 2 is 1.90 bits per heavy atom. The van der Waals surface area contributed by atoms with Gasteiger partial charge in [0, 0.05) is 30.6 Å². The Kier molecular flexibility index (Phi) is 3.24. The third kappa shape index (κ3) is 2.18. The van der Waals surface area contributed by atoms with Crippen molar-refractivity contribution in [2.75, 3.05) is 13.6 Å². The second-order valence-electron chi connectivity index (χ2n) is 5.26. The van der Waals surface area contributed by atoms with Crippen LogP contribution in [0.3, 0.4) is 0 Å². The normalized spacial score (nSPS) is 18.6. The van der Waals surface area contributed by atoms with Crippen molar-refractivity contribution in [3.8, 4) is 0 Å². The van der Waals surface area contributed by atoms with Gasteiger partial charge in [0.15, 0.2) is 0 Å². The Morgan fingerprint density at radius 1 is 1.15 bits per heavy atom. The lowest BCUT2D eigenvalue weighted by atomic mass is 9.84. The van der Waals surface area contributed by atoms with Gasteiger partial charge >= 0.3 is 0 Å². The maximum atomic E-state index is 11.2. The lowest BCUT2D eigenvalue weighted by Gasteiger charge is -2.32. The summed E-state index contributed by atoms with van der Waals surface area (Å²) in [5.41, 5.74) is 3.37. The fraction of sp³-hybridized carbons (Fsp3) is 0.250. The Bertz CT molecular complexity index is 640.